The number of hydrogen-bond acceptors (Lipinski definition) is 4. The Morgan fingerprint density at radius 1 is 1.21 bits per heavy atom. The summed E-state index contributed by atoms with van der Waals surface area (Å²) < 4.78 is 5.32. The number of morpholine rings is 1. The van der Waals surface area contributed by atoms with Gasteiger partial charge in [0, 0.05) is 24.2 Å². The molecule has 0 aromatic heterocycles. The molecule has 1 heterocycles. The van der Waals surface area contributed by atoms with Gasteiger partial charge in [-0.3, -0.25) is 14.5 Å². The number of ether oxygens (including phenoxy) is 1. The van der Waals surface area contributed by atoms with Gasteiger partial charge >= 0.3 is 0 Å². The van der Waals surface area contributed by atoms with Crippen LogP contribution in [0.15, 0.2) is 24.3 Å². The lowest BCUT2D eigenvalue weighted by molar-refractivity contribution is -0.00430. The predicted octanol–water partition coefficient (Wildman–Crippen LogP) is 1.79. The van der Waals surface area contributed by atoms with E-state index in [0.717, 1.165) is 19.4 Å². The van der Waals surface area contributed by atoms with E-state index in [9.17, 15) is 9.59 Å². The minimum absolute atomic E-state index is 0.0758. The largest absolute Gasteiger partial charge is 0.379 e. The van der Waals surface area contributed by atoms with Gasteiger partial charge in [-0.15, -0.1) is 0 Å². The molecule has 0 amide bonds. The maximum absolute atomic E-state index is 12.6. The van der Waals surface area contributed by atoms with Gasteiger partial charge in [-0.05, 0) is 13.8 Å². The molecule has 0 saturated carbocycles. The smallest absolute Gasteiger partial charge is 0.182 e. The summed E-state index contributed by atoms with van der Waals surface area (Å²) >= 11 is 0. The Balaban J connectivity index is 2.18. The van der Waals surface area contributed by atoms with Crippen molar-refractivity contribution < 1.29 is 14.3 Å². The van der Waals surface area contributed by atoms with Crippen LogP contribution in [0.25, 0.3) is 0 Å². The summed E-state index contributed by atoms with van der Waals surface area (Å²) in [5.74, 6) is 0.0758. The fraction of sp³-hybridized carbons (Fsp3) is 0.467. The summed E-state index contributed by atoms with van der Waals surface area (Å²) in [6, 6.07) is 6.79. The van der Waals surface area contributed by atoms with Crippen LogP contribution in [0.4, 0.5) is 0 Å². The first-order chi connectivity index (χ1) is 9.05. The Hall–Kier alpha value is -1.52. The Morgan fingerprint density at radius 3 is 2.32 bits per heavy atom. The molecular weight excluding hydrogens is 242 g/mol. The van der Waals surface area contributed by atoms with Crippen LogP contribution in [-0.2, 0) is 4.74 Å². The summed E-state index contributed by atoms with van der Waals surface area (Å²) in [5, 5.41) is 0. The molecule has 0 aliphatic carbocycles. The third-order valence-corrected chi connectivity index (χ3v) is 3.67. The first-order valence-corrected chi connectivity index (χ1v) is 6.48. The average molecular weight is 261 g/mol. The summed E-state index contributed by atoms with van der Waals surface area (Å²) in [5.41, 5.74) is 0.676. The highest BCUT2D eigenvalue weighted by Crippen LogP contribution is 2.22. The van der Waals surface area contributed by atoms with E-state index in [4.69, 9.17) is 4.74 Å². The van der Waals surface area contributed by atoms with Crippen molar-refractivity contribution in [3.63, 3.8) is 0 Å². The molecule has 0 spiro atoms. The van der Waals surface area contributed by atoms with E-state index in [0.29, 0.717) is 24.3 Å². The van der Waals surface area contributed by atoms with Crippen molar-refractivity contribution in [2.24, 2.45) is 0 Å². The lowest BCUT2D eigenvalue weighted by Crippen LogP contribution is -2.54. The van der Waals surface area contributed by atoms with Gasteiger partial charge in [0.2, 0.25) is 0 Å². The van der Waals surface area contributed by atoms with Crippen molar-refractivity contribution >= 4 is 12.1 Å². The summed E-state index contributed by atoms with van der Waals surface area (Å²) in [4.78, 5) is 25.4. The number of Topliss-reactive ketones (excluding diaryl/α,β-unsaturated/α-hetero) is 1. The molecule has 1 aliphatic rings. The molecular formula is C15H19NO3. The number of ketones is 1. The van der Waals surface area contributed by atoms with E-state index in [1.165, 1.54) is 0 Å². The molecule has 0 atom stereocenters. The van der Waals surface area contributed by atoms with E-state index in [1.807, 2.05) is 13.8 Å². The molecule has 1 fully saturated rings. The number of carbonyl (C=O) groups excluding carboxylic acids is 2. The van der Waals surface area contributed by atoms with Crippen LogP contribution in [0.1, 0.15) is 34.6 Å². The van der Waals surface area contributed by atoms with Crippen molar-refractivity contribution in [2.45, 2.75) is 19.4 Å². The highest BCUT2D eigenvalue weighted by molar-refractivity contribution is 6.03. The van der Waals surface area contributed by atoms with E-state index in [1.54, 1.807) is 24.3 Å². The van der Waals surface area contributed by atoms with Crippen molar-refractivity contribution in [3.8, 4) is 0 Å². The molecule has 2 rings (SSSR count). The molecule has 4 heteroatoms. The molecule has 1 aliphatic heterocycles. The number of carbonyl (C=O) groups is 2. The fourth-order valence-corrected chi connectivity index (χ4v) is 2.33. The van der Waals surface area contributed by atoms with Gasteiger partial charge in [0.25, 0.3) is 0 Å². The van der Waals surface area contributed by atoms with Crippen molar-refractivity contribution in [3.05, 3.63) is 35.4 Å². The topological polar surface area (TPSA) is 46.6 Å². The van der Waals surface area contributed by atoms with Gasteiger partial charge in [0.05, 0.1) is 18.8 Å². The zero-order valence-corrected chi connectivity index (χ0v) is 11.4. The first-order valence-electron chi connectivity index (χ1n) is 6.48. The van der Waals surface area contributed by atoms with E-state index in [-0.39, 0.29) is 5.78 Å². The van der Waals surface area contributed by atoms with E-state index in [2.05, 4.69) is 4.90 Å². The zero-order valence-electron chi connectivity index (χ0n) is 11.4. The van der Waals surface area contributed by atoms with Crippen molar-refractivity contribution in [2.75, 3.05) is 26.3 Å². The third kappa shape index (κ3) is 2.91. The Labute approximate surface area is 113 Å². The Bertz CT molecular complexity index is 459. The van der Waals surface area contributed by atoms with Gasteiger partial charge in [0.15, 0.2) is 5.78 Å². The molecule has 1 aromatic rings. The molecule has 4 nitrogen and oxygen atoms in total. The third-order valence-electron chi connectivity index (χ3n) is 3.67. The molecule has 0 bridgehead atoms. The van der Waals surface area contributed by atoms with Gasteiger partial charge in [-0.1, -0.05) is 24.3 Å². The normalized spacial score (nSPS) is 17.2. The summed E-state index contributed by atoms with van der Waals surface area (Å²) in [7, 11) is 0. The highest BCUT2D eigenvalue weighted by atomic mass is 16.5. The second kappa shape index (κ2) is 5.63. The number of rotatable bonds is 4. The summed E-state index contributed by atoms with van der Waals surface area (Å²) in [6.45, 7) is 6.75. The number of hydrogen-bond donors (Lipinski definition) is 0. The lowest BCUT2D eigenvalue weighted by Gasteiger charge is -2.39. The Morgan fingerprint density at radius 2 is 1.79 bits per heavy atom. The molecule has 0 radical (unpaired) electrons. The second-order valence-corrected chi connectivity index (χ2v) is 5.23. The quantitative estimate of drug-likeness (QED) is 0.612. The average Bonchev–Trinajstić information content (AvgIpc) is 2.47. The SMILES string of the molecule is CC(C)(C(=O)c1ccc(C=O)cc1)N1CCOCC1. The van der Waals surface area contributed by atoms with Crippen LogP contribution in [0.3, 0.4) is 0 Å². The number of nitrogens with zero attached hydrogens (tertiary/aromatic N) is 1. The number of benzene rings is 1. The van der Waals surface area contributed by atoms with Crippen LogP contribution in [0.5, 0.6) is 0 Å². The van der Waals surface area contributed by atoms with Crippen molar-refractivity contribution in [1.82, 2.24) is 4.90 Å². The lowest BCUT2D eigenvalue weighted by atomic mass is 9.90. The predicted molar refractivity (Wildman–Crippen MR) is 72.6 cm³/mol. The zero-order chi connectivity index (χ0) is 13.9. The molecule has 0 N–H and O–H groups in total. The first kappa shape index (κ1) is 13.9. The minimum Gasteiger partial charge on any atom is -0.379 e. The van der Waals surface area contributed by atoms with Gasteiger partial charge in [0.1, 0.15) is 6.29 Å². The van der Waals surface area contributed by atoms with Crippen LogP contribution in [0, 0.1) is 0 Å². The monoisotopic (exact) mass is 261 g/mol. The van der Waals surface area contributed by atoms with Crippen LogP contribution in [0.2, 0.25) is 0 Å². The standard InChI is InChI=1S/C15H19NO3/c1-15(2,16-7-9-19-10-8-16)14(18)13-5-3-12(11-17)4-6-13/h3-6,11H,7-10H2,1-2H3. The molecule has 0 unspecified atom stereocenters. The molecule has 1 saturated heterocycles. The van der Waals surface area contributed by atoms with Crippen LogP contribution < -0.4 is 0 Å². The maximum Gasteiger partial charge on any atom is 0.182 e. The van der Waals surface area contributed by atoms with Gasteiger partial charge < -0.3 is 4.74 Å². The van der Waals surface area contributed by atoms with Crippen LogP contribution in [-0.4, -0.2) is 48.8 Å². The Kier molecular flexibility index (Phi) is 4.12. The number of aldehydes is 1. The molecule has 102 valence electrons. The highest BCUT2D eigenvalue weighted by Gasteiger charge is 2.35. The van der Waals surface area contributed by atoms with E-state index < -0.39 is 5.54 Å². The van der Waals surface area contributed by atoms with Crippen molar-refractivity contribution in [1.29, 1.82) is 0 Å². The van der Waals surface area contributed by atoms with E-state index >= 15 is 0 Å². The fourth-order valence-electron chi connectivity index (χ4n) is 2.33. The molecule has 1 aromatic carbocycles. The maximum atomic E-state index is 12.6. The van der Waals surface area contributed by atoms with Gasteiger partial charge in [-0.25, -0.2) is 0 Å². The summed E-state index contributed by atoms with van der Waals surface area (Å²) in [6.07, 6.45) is 0.779. The minimum atomic E-state index is -0.549. The van der Waals surface area contributed by atoms with Crippen LogP contribution >= 0.6 is 0 Å². The molecule has 19 heavy (non-hydrogen) atoms. The van der Waals surface area contributed by atoms with Gasteiger partial charge in [-0.2, -0.15) is 0 Å². The second-order valence-electron chi connectivity index (χ2n) is 5.23.